The average molecular weight is 277 g/mol. The molecule has 2 heterocycles. The van der Waals surface area contributed by atoms with E-state index in [2.05, 4.69) is 45.5 Å². The van der Waals surface area contributed by atoms with E-state index in [1.807, 2.05) is 30.3 Å². The molecule has 96 valence electrons. The first-order chi connectivity index (χ1) is 9.90. The van der Waals surface area contributed by atoms with Crippen LogP contribution in [0.15, 0.2) is 60.7 Å². The summed E-state index contributed by atoms with van der Waals surface area (Å²) >= 11 is 1.73. The van der Waals surface area contributed by atoms with Gasteiger partial charge in [0.1, 0.15) is 0 Å². The second-order valence-electron chi connectivity index (χ2n) is 4.52. The molecule has 0 aliphatic rings. The third-order valence-corrected chi connectivity index (χ3v) is 4.30. The lowest BCUT2D eigenvalue weighted by atomic mass is 10.2. The van der Waals surface area contributed by atoms with Gasteiger partial charge in [0.05, 0.1) is 4.88 Å². The Kier molecular flexibility index (Phi) is 2.60. The van der Waals surface area contributed by atoms with Crippen molar-refractivity contribution in [3.8, 4) is 22.1 Å². The topological polar surface area (TPSA) is 41.6 Å². The molecule has 0 amide bonds. The Labute approximate surface area is 119 Å². The molecule has 20 heavy (non-hydrogen) atoms. The van der Waals surface area contributed by atoms with Crippen molar-refractivity contribution in [3.05, 3.63) is 60.7 Å². The summed E-state index contributed by atoms with van der Waals surface area (Å²) in [7, 11) is 0. The number of thiophene rings is 1. The second kappa shape index (κ2) is 4.58. The van der Waals surface area contributed by atoms with Crippen LogP contribution in [0.1, 0.15) is 0 Å². The van der Waals surface area contributed by atoms with E-state index >= 15 is 0 Å². The number of fused-ring (bicyclic) bond motifs is 1. The monoisotopic (exact) mass is 277 g/mol. The summed E-state index contributed by atoms with van der Waals surface area (Å²) in [4.78, 5) is 5.70. The Morgan fingerprint density at radius 3 is 2.55 bits per heavy atom. The van der Waals surface area contributed by atoms with Gasteiger partial charge < -0.3 is 0 Å². The minimum Gasteiger partial charge on any atom is -0.258 e. The zero-order valence-corrected chi connectivity index (χ0v) is 11.4. The third-order valence-electron chi connectivity index (χ3n) is 3.18. The van der Waals surface area contributed by atoms with Gasteiger partial charge in [0.2, 0.25) is 0 Å². The Bertz CT molecular complexity index is 828. The lowest BCUT2D eigenvalue weighted by molar-refractivity contribution is 1.10. The van der Waals surface area contributed by atoms with Crippen LogP contribution in [0.5, 0.6) is 0 Å². The molecule has 4 rings (SSSR count). The van der Waals surface area contributed by atoms with Gasteiger partial charge in [-0.05, 0) is 17.5 Å². The molecule has 0 saturated heterocycles. The average Bonchev–Trinajstić information content (AvgIpc) is 3.14. The number of benzene rings is 2. The summed E-state index contributed by atoms with van der Waals surface area (Å²) in [5.74, 6) is 1.56. The molecule has 0 bridgehead atoms. The number of rotatable bonds is 2. The number of hydrogen-bond donors (Lipinski definition) is 1. The molecule has 0 fully saturated rings. The molecule has 0 atom stereocenters. The van der Waals surface area contributed by atoms with Crippen LogP contribution >= 0.6 is 11.3 Å². The summed E-state index contributed by atoms with van der Waals surface area (Å²) in [6, 6.07) is 20.5. The predicted octanol–water partition coefficient (Wildman–Crippen LogP) is 4.35. The van der Waals surface area contributed by atoms with Gasteiger partial charge in [-0.2, -0.15) is 5.10 Å². The minimum absolute atomic E-state index is 0.734. The van der Waals surface area contributed by atoms with Gasteiger partial charge in [0.25, 0.3) is 0 Å². The van der Waals surface area contributed by atoms with Crippen molar-refractivity contribution in [1.29, 1.82) is 0 Å². The van der Waals surface area contributed by atoms with Crippen LogP contribution in [0, 0.1) is 0 Å². The van der Waals surface area contributed by atoms with Gasteiger partial charge in [-0.3, -0.25) is 5.10 Å². The smallest absolute Gasteiger partial charge is 0.181 e. The van der Waals surface area contributed by atoms with Gasteiger partial charge in [0.15, 0.2) is 11.6 Å². The molecule has 2 aromatic heterocycles. The molecule has 0 aliphatic carbocycles. The molecule has 2 aromatic carbocycles. The van der Waals surface area contributed by atoms with E-state index in [0.29, 0.717) is 0 Å². The Morgan fingerprint density at radius 1 is 0.900 bits per heavy atom. The fourth-order valence-electron chi connectivity index (χ4n) is 2.19. The molecule has 4 heteroatoms. The number of nitrogens with zero attached hydrogens (tertiary/aromatic N) is 2. The minimum atomic E-state index is 0.734. The van der Waals surface area contributed by atoms with E-state index in [0.717, 1.165) is 22.1 Å². The lowest BCUT2D eigenvalue weighted by Gasteiger charge is -1.91. The van der Waals surface area contributed by atoms with Crippen LogP contribution in [-0.2, 0) is 0 Å². The Morgan fingerprint density at radius 2 is 1.70 bits per heavy atom. The van der Waals surface area contributed by atoms with Gasteiger partial charge in [0, 0.05) is 10.3 Å². The summed E-state index contributed by atoms with van der Waals surface area (Å²) in [6.45, 7) is 0. The highest BCUT2D eigenvalue weighted by Gasteiger charge is 2.10. The van der Waals surface area contributed by atoms with Crippen molar-refractivity contribution in [2.24, 2.45) is 0 Å². The summed E-state index contributed by atoms with van der Waals surface area (Å²) in [5.41, 5.74) is 1.02. The van der Waals surface area contributed by atoms with Crippen molar-refractivity contribution in [1.82, 2.24) is 15.2 Å². The van der Waals surface area contributed by atoms with Crippen LogP contribution in [0.3, 0.4) is 0 Å². The molecule has 3 nitrogen and oxygen atoms in total. The number of nitrogens with one attached hydrogen (secondary N) is 1. The van der Waals surface area contributed by atoms with Crippen LogP contribution in [0.4, 0.5) is 0 Å². The second-order valence-corrected chi connectivity index (χ2v) is 5.61. The highest BCUT2D eigenvalue weighted by atomic mass is 32.1. The third kappa shape index (κ3) is 1.90. The van der Waals surface area contributed by atoms with Crippen molar-refractivity contribution in [2.75, 3.05) is 0 Å². The maximum Gasteiger partial charge on any atom is 0.181 e. The fraction of sp³-hybridized carbons (Fsp3) is 0. The molecule has 1 N–H and O–H groups in total. The van der Waals surface area contributed by atoms with Crippen LogP contribution in [0.25, 0.3) is 32.2 Å². The highest BCUT2D eigenvalue weighted by molar-refractivity contribution is 7.22. The highest BCUT2D eigenvalue weighted by Crippen LogP contribution is 2.32. The van der Waals surface area contributed by atoms with Crippen LogP contribution in [-0.4, -0.2) is 15.2 Å². The summed E-state index contributed by atoms with van der Waals surface area (Å²) in [5, 5.41) is 8.58. The number of H-pyrrole nitrogens is 1. The van der Waals surface area contributed by atoms with Crippen molar-refractivity contribution < 1.29 is 0 Å². The van der Waals surface area contributed by atoms with E-state index in [1.165, 1.54) is 10.1 Å². The molecule has 4 aromatic rings. The quantitative estimate of drug-likeness (QED) is 0.591. The largest absolute Gasteiger partial charge is 0.258 e. The van der Waals surface area contributed by atoms with Crippen molar-refractivity contribution >= 4 is 21.4 Å². The summed E-state index contributed by atoms with van der Waals surface area (Å²) in [6.07, 6.45) is 0. The van der Waals surface area contributed by atoms with E-state index in [4.69, 9.17) is 0 Å². The molecule has 0 spiro atoms. The van der Waals surface area contributed by atoms with Crippen molar-refractivity contribution in [2.45, 2.75) is 0 Å². The molecule has 0 unspecified atom stereocenters. The first-order valence-electron chi connectivity index (χ1n) is 6.37. The predicted molar refractivity (Wildman–Crippen MR) is 82.6 cm³/mol. The first-order valence-corrected chi connectivity index (χ1v) is 7.18. The SMILES string of the molecule is c1ccc(-c2n[nH]c(-c3cc4ccccc4s3)n2)cc1. The van der Waals surface area contributed by atoms with Crippen LogP contribution < -0.4 is 0 Å². The first kappa shape index (κ1) is 11.4. The van der Waals surface area contributed by atoms with Gasteiger partial charge in [-0.15, -0.1) is 11.3 Å². The maximum absolute atomic E-state index is 4.59. The van der Waals surface area contributed by atoms with E-state index < -0.39 is 0 Å². The Balaban J connectivity index is 1.78. The molecule has 0 saturated carbocycles. The maximum atomic E-state index is 4.59. The number of aromatic nitrogens is 3. The fourth-order valence-corrected chi connectivity index (χ4v) is 3.19. The molecular weight excluding hydrogens is 266 g/mol. The van der Waals surface area contributed by atoms with E-state index in [1.54, 1.807) is 11.3 Å². The standard InChI is InChI=1S/C16H11N3S/c1-2-6-11(7-3-1)15-17-16(19-18-15)14-10-12-8-4-5-9-13(12)20-14/h1-10H,(H,17,18,19). The molecular formula is C16H11N3S. The number of aromatic amines is 1. The number of hydrogen-bond acceptors (Lipinski definition) is 3. The molecule has 0 radical (unpaired) electrons. The summed E-state index contributed by atoms with van der Waals surface area (Å²) < 4.78 is 1.26. The van der Waals surface area contributed by atoms with Crippen LogP contribution in [0.2, 0.25) is 0 Å². The van der Waals surface area contributed by atoms with E-state index in [-0.39, 0.29) is 0 Å². The van der Waals surface area contributed by atoms with Gasteiger partial charge >= 0.3 is 0 Å². The zero-order valence-electron chi connectivity index (χ0n) is 10.6. The van der Waals surface area contributed by atoms with Gasteiger partial charge in [-0.25, -0.2) is 4.98 Å². The lowest BCUT2D eigenvalue weighted by Crippen LogP contribution is -1.78. The zero-order chi connectivity index (χ0) is 13.4. The molecule has 0 aliphatic heterocycles. The van der Waals surface area contributed by atoms with Crippen molar-refractivity contribution in [3.63, 3.8) is 0 Å². The van der Waals surface area contributed by atoms with E-state index in [9.17, 15) is 0 Å². The van der Waals surface area contributed by atoms with Gasteiger partial charge in [-0.1, -0.05) is 48.5 Å². The Hall–Kier alpha value is -2.46. The normalized spacial score (nSPS) is 11.0.